The van der Waals surface area contributed by atoms with E-state index in [2.05, 4.69) is 34.5 Å². The molecule has 0 fully saturated rings. The molecule has 0 unspecified atom stereocenters. The number of carbonyl (C=O) groups excluding carboxylic acids is 1. The third kappa shape index (κ3) is 2.68. The number of likely N-dealkylation sites (N-methyl/N-ethyl adjacent to an activating group) is 1. The van der Waals surface area contributed by atoms with E-state index in [9.17, 15) is 4.79 Å². The van der Waals surface area contributed by atoms with Crippen LogP contribution >= 0.6 is 0 Å². The molecule has 0 aliphatic carbocycles. The van der Waals surface area contributed by atoms with Gasteiger partial charge in [0.1, 0.15) is 0 Å². The summed E-state index contributed by atoms with van der Waals surface area (Å²) in [6, 6.07) is 3.97. The van der Waals surface area contributed by atoms with E-state index in [0.717, 1.165) is 29.6 Å². The van der Waals surface area contributed by atoms with Crippen molar-refractivity contribution in [3.8, 4) is 0 Å². The zero-order valence-electron chi connectivity index (χ0n) is 10.9. The molecule has 0 aliphatic heterocycles. The Balaban J connectivity index is 2.34. The lowest BCUT2D eigenvalue weighted by Crippen LogP contribution is -2.15. The van der Waals surface area contributed by atoms with E-state index in [4.69, 9.17) is 0 Å². The molecule has 18 heavy (non-hydrogen) atoms. The zero-order valence-corrected chi connectivity index (χ0v) is 10.9. The van der Waals surface area contributed by atoms with Gasteiger partial charge < -0.3 is 10.2 Å². The fourth-order valence-electron chi connectivity index (χ4n) is 1.95. The first-order valence-electron chi connectivity index (χ1n) is 5.95. The van der Waals surface area contributed by atoms with Gasteiger partial charge in [0.2, 0.25) is 5.91 Å². The van der Waals surface area contributed by atoms with E-state index in [-0.39, 0.29) is 5.91 Å². The van der Waals surface area contributed by atoms with Gasteiger partial charge in [-0.2, -0.15) is 5.10 Å². The summed E-state index contributed by atoms with van der Waals surface area (Å²) in [6.07, 6.45) is 2.77. The molecule has 1 aromatic heterocycles. The predicted molar refractivity (Wildman–Crippen MR) is 72.7 cm³/mol. The fourth-order valence-corrected chi connectivity index (χ4v) is 1.95. The van der Waals surface area contributed by atoms with Crippen LogP contribution in [-0.2, 0) is 11.2 Å². The number of rotatable bonds is 4. The zero-order chi connectivity index (χ0) is 13.1. The highest BCUT2D eigenvalue weighted by molar-refractivity contribution is 6.00. The monoisotopic (exact) mass is 246 g/mol. The quantitative estimate of drug-likeness (QED) is 0.862. The van der Waals surface area contributed by atoms with E-state index in [1.165, 1.54) is 12.5 Å². The van der Waals surface area contributed by atoms with Gasteiger partial charge in [-0.05, 0) is 32.1 Å². The van der Waals surface area contributed by atoms with Gasteiger partial charge in [-0.25, -0.2) is 0 Å². The summed E-state index contributed by atoms with van der Waals surface area (Å²) in [6.45, 7) is 2.49. The van der Waals surface area contributed by atoms with E-state index in [0.29, 0.717) is 0 Å². The molecule has 0 aliphatic rings. The average molecular weight is 246 g/mol. The average Bonchev–Trinajstić information content (AvgIpc) is 2.76. The van der Waals surface area contributed by atoms with Crippen LogP contribution in [0.3, 0.4) is 0 Å². The third-order valence-corrected chi connectivity index (χ3v) is 2.84. The van der Waals surface area contributed by atoms with Crippen molar-refractivity contribution in [1.29, 1.82) is 0 Å². The van der Waals surface area contributed by atoms with Crippen LogP contribution in [0.1, 0.15) is 12.5 Å². The summed E-state index contributed by atoms with van der Waals surface area (Å²) in [5.41, 5.74) is 2.91. The van der Waals surface area contributed by atoms with Gasteiger partial charge in [0.05, 0.1) is 17.4 Å². The number of aromatic amines is 1. The van der Waals surface area contributed by atoms with Crippen molar-refractivity contribution in [3.63, 3.8) is 0 Å². The van der Waals surface area contributed by atoms with Gasteiger partial charge in [0, 0.05) is 18.9 Å². The molecule has 0 radical (unpaired) electrons. The first-order valence-corrected chi connectivity index (χ1v) is 5.95. The lowest BCUT2D eigenvalue weighted by atomic mass is 10.1. The van der Waals surface area contributed by atoms with Crippen molar-refractivity contribution < 1.29 is 4.79 Å². The Bertz CT molecular complexity index is 559. The molecule has 1 heterocycles. The number of hydrogen-bond acceptors (Lipinski definition) is 3. The van der Waals surface area contributed by atoms with Crippen molar-refractivity contribution >= 4 is 22.5 Å². The third-order valence-electron chi connectivity index (χ3n) is 2.84. The van der Waals surface area contributed by atoms with Crippen LogP contribution in [0.15, 0.2) is 18.3 Å². The van der Waals surface area contributed by atoms with Crippen molar-refractivity contribution in [3.05, 3.63) is 23.9 Å². The van der Waals surface area contributed by atoms with Crippen LogP contribution in [-0.4, -0.2) is 41.6 Å². The van der Waals surface area contributed by atoms with Gasteiger partial charge in [0.25, 0.3) is 0 Å². The lowest BCUT2D eigenvalue weighted by Gasteiger charge is -2.11. The van der Waals surface area contributed by atoms with Gasteiger partial charge in [0.15, 0.2) is 0 Å². The lowest BCUT2D eigenvalue weighted by molar-refractivity contribution is -0.114. The second-order valence-electron chi connectivity index (χ2n) is 4.67. The molecule has 0 saturated carbocycles. The van der Waals surface area contributed by atoms with Crippen LogP contribution in [0.4, 0.5) is 5.69 Å². The number of H-pyrrole nitrogens is 1. The second-order valence-corrected chi connectivity index (χ2v) is 4.67. The molecule has 0 saturated heterocycles. The molecule has 2 N–H and O–H groups in total. The maximum Gasteiger partial charge on any atom is 0.221 e. The Morgan fingerprint density at radius 1 is 1.44 bits per heavy atom. The summed E-state index contributed by atoms with van der Waals surface area (Å²) in [5.74, 6) is -0.0769. The first kappa shape index (κ1) is 12.6. The van der Waals surface area contributed by atoms with Crippen LogP contribution in [0.5, 0.6) is 0 Å². The maximum atomic E-state index is 11.1. The number of amides is 1. The minimum Gasteiger partial charge on any atom is -0.324 e. The molecule has 1 aromatic carbocycles. The number of aromatic nitrogens is 2. The Morgan fingerprint density at radius 2 is 2.22 bits per heavy atom. The number of nitrogens with zero attached hydrogens (tertiary/aromatic N) is 2. The van der Waals surface area contributed by atoms with Gasteiger partial charge >= 0.3 is 0 Å². The van der Waals surface area contributed by atoms with Crippen LogP contribution in [0.25, 0.3) is 10.9 Å². The van der Waals surface area contributed by atoms with Crippen LogP contribution in [0.2, 0.25) is 0 Å². The Labute approximate surface area is 106 Å². The molecule has 96 valence electrons. The summed E-state index contributed by atoms with van der Waals surface area (Å²) in [4.78, 5) is 13.3. The first-order chi connectivity index (χ1) is 8.58. The SMILES string of the molecule is CC(=O)Nc1ccc(CCN(C)C)c2cn[nH]c12. The number of nitrogens with one attached hydrogen (secondary N) is 2. The molecule has 5 nitrogen and oxygen atoms in total. The molecule has 0 spiro atoms. The summed E-state index contributed by atoms with van der Waals surface area (Å²) in [7, 11) is 4.11. The predicted octanol–water partition coefficient (Wildman–Crippen LogP) is 1.63. The molecule has 1 amide bonds. The number of hydrogen-bond donors (Lipinski definition) is 2. The molecular weight excluding hydrogens is 228 g/mol. The highest BCUT2D eigenvalue weighted by Crippen LogP contribution is 2.25. The van der Waals surface area contributed by atoms with Crippen molar-refractivity contribution in [1.82, 2.24) is 15.1 Å². The summed E-state index contributed by atoms with van der Waals surface area (Å²) < 4.78 is 0. The number of carbonyl (C=O) groups is 1. The normalized spacial score (nSPS) is 11.1. The van der Waals surface area contributed by atoms with Gasteiger partial charge in [-0.1, -0.05) is 6.07 Å². The smallest absolute Gasteiger partial charge is 0.221 e. The Morgan fingerprint density at radius 3 is 2.89 bits per heavy atom. The highest BCUT2D eigenvalue weighted by atomic mass is 16.1. The van der Waals surface area contributed by atoms with E-state index in [1.807, 2.05) is 18.3 Å². The number of benzene rings is 1. The van der Waals surface area contributed by atoms with E-state index >= 15 is 0 Å². The minimum absolute atomic E-state index is 0.0769. The van der Waals surface area contributed by atoms with E-state index in [1.54, 1.807) is 0 Å². The molecule has 2 aromatic rings. The van der Waals surface area contributed by atoms with Gasteiger partial charge in [-0.3, -0.25) is 9.89 Å². The molecule has 0 bridgehead atoms. The summed E-state index contributed by atoms with van der Waals surface area (Å²) >= 11 is 0. The highest BCUT2D eigenvalue weighted by Gasteiger charge is 2.09. The topological polar surface area (TPSA) is 61.0 Å². The largest absolute Gasteiger partial charge is 0.324 e. The standard InChI is InChI=1S/C13H18N4O/c1-9(18)15-12-5-4-10(6-7-17(2)3)11-8-14-16-13(11)12/h4-5,8H,6-7H2,1-3H3,(H,14,16)(H,15,18). The molecular formula is C13H18N4O. The van der Waals surface area contributed by atoms with Gasteiger partial charge in [-0.15, -0.1) is 0 Å². The molecule has 5 heteroatoms. The number of fused-ring (bicyclic) bond motifs is 1. The Hall–Kier alpha value is -1.88. The van der Waals surface area contributed by atoms with Crippen molar-refractivity contribution in [2.45, 2.75) is 13.3 Å². The summed E-state index contributed by atoms with van der Waals surface area (Å²) in [5, 5.41) is 10.9. The van der Waals surface area contributed by atoms with Crippen molar-refractivity contribution in [2.24, 2.45) is 0 Å². The van der Waals surface area contributed by atoms with Crippen LogP contribution < -0.4 is 5.32 Å². The second kappa shape index (κ2) is 5.18. The minimum atomic E-state index is -0.0769. The number of anilines is 1. The Kier molecular flexibility index (Phi) is 3.62. The fraction of sp³-hybridized carbons (Fsp3) is 0.385. The van der Waals surface area contributed by atoms with Crippen molar-refractivity contribution in [2.75, 3.05) is 26.0 Å². The molecule has 0 atom stereocenters. The van der Waals surface area contributed by atoms with E-state index < -0.39 is 0 Å². The maximum absolute atomic E-state index is 11.1. The molecule has 2 rings (SSSR count). The van der Waals surface area contributed by atoms with Crippen LogP contribution in [0, 0.1) is 0 Å².